The molecule has 0 radical (unpaired) electrons. The van der Waals surface area contributed by atoms with E-state index in [0.717, 1.165) is 10.4 Å². The van der Waals surface area contributed by atoms with Gasteiger partial charge in [-0.1, -0.05) is 24.3 Å². The number of nitrogens with one attached hydrogen (secondary N) is 2. The molecule has 0 bridgehead atoms. The number of aliphatic carboxylic acids is 1. The molecular formula is C24H24N2O5S. The van der Waals surface area contributed by atoms with Crippen molar-refractivity contribution in [3.63, 3.8) is 0 Å². The summed E-state index contributed by atoms with van der Waals surface area (Å²) in [5, 5.41) is 16.5. The average molecular weight is 453 g/mol. The van der Waals surface area contributed by atoms with Crippen LogP contribution in [-0.4, -0.2) is 28.7 Å². The molecule has 7 nitrogen and oxygen atoms in total. The van der Waals surface area contributed by atoms with E-state index >= 15 is 0 Å². The van der Waals surface area contributed by atoms with Crippen LogP contribution in [0.1, 0.15) is 36.7 Å². The Hall–Kier alpha value is -3.65. The van der Waals surface area contributed by atoms with Crippen molar-refractivity contribution >= 4 is 40.7 Å². The third kappa shape index (κ3) is 6.42. The van der Waals surface area contributed by atoms with Gasteiger partial charge in [-0.25, -0.2) is 4.79 Å². The summed E-state index contributed by atoms with van der Waals surface area (Å²) in [6.45, 7) is 5.29. The third-order valence-electron chi connectivity index (χ3n) is 4.25. The second kappa shape index (κ2) is 9.65. The quantitative estimate of drug-likeness (QED) is 0.449. The van der Waals surface area contributed by atoms with E-state index in [-0.39, 0.29) is 6.42 Å². The first-order valence-electron chi connectivity index (χ1n) is 9.91. The van der Waals surface area contributed by atoms with Gasteiger partial charge in [-0.2, -0.15) is 0 Å². The summed E-state index contributed by atoms with van der Waals surface area (Å²) in [7, 11) is 0. The molecule has 0 atom stereocenters. The second-order valence-corrected chi connectivity index (χ2v) is 9.04. The minimum atomic E-state index is -0.977. The molecule has 0 saturated carbocycles. The van der Waals surface area contributed by atoms with E-state index in [1.165, 1.54) is 6.07 Å². The number of ether oxygens (including phenoxy) is 1. The first kappa shape index (κ1) is 23.0. The van der Waals surface area contributed by atoms with E-state index in [1.54, 1.807) is 62.4 Å². The maximum atomic E-state index is 12.9. The van der Waals surface area contributed by atoms with Crippen LogP contribution < -0.4 is 10.6 Å². The summed E-state index contributed by atoms with van der Waals surface area (Å²) < 4.78 is 5.33. The smallest absolute Gasteiger partial charge is 0.412 e. The van der Waals surface area contributed by atoms with Gasteiger partial charge in [0.25, 0.3) is 5.91 Å². The number of benzene rings is 2. The van der Waals surface area contributed by atoms with Crippen molar-refractivity contribution in [3.8, 4) is 10.4 Å². The van der Waals surface area contributed by atoms with Crippen LogP contribution in [0.5, 0.6) is 0 Å². The number of carboxylic acid groups (broad SMARTS) is 1. The van der Waals surface area contributed by atoms with Crippen molar-refractivity contribution in [2.24, 2.45) is 0 Å². The zero-order valence-electron chi connectivity index (χ0n) is 18.0. The van der Waals surface area contributed by atoms with E-state index in [1.807, 2.05) is 23.6 Å². The molecular weight excluding hydrogens is 428 g/mol. The second-order valence-electron chi connectivity index (χ2n) is 8.09. The number of carbonyl (C=O) groups is 3. The van der Waals surface area contributed by atoms with Gasteiger partial charge in [-0.05, 0) is 67.6 Å². The molecule has 2 amide bonds. The molecule has 0 fully saturated rings. The maximum absolute atomic E-state index is 12.9. The number of hydrogen-bond donors (Lipinski definition) is 3. The van der Waals surface area contributed by atoms with Gasteiger partial charge < -0.3 is 15.2 Å². The lowest BCUT2D eigenvalue weighted by Gasteiger charge is -2.21. The summed E-state index contributed by atoms with van der Waals surface area (Å²) in [5.74, 6) is -1.40. The van der Waals surface area contributed by atoms with E-state index in [2.05, 4.69) is 10.6 Å². The Bertz CT molecular complexity index is 1130. The summed E-state index contributed by atoms with van der Waals surface area (Å²) in [4.78, 5) is 37.2. The zero-order valence-corrected chi connectivity index (χ0v) is 18.8. The Kier molecular flexibility index (Phi) is 6.95. The van der Waals surface area contributed by atoms with Crippen molar-refractivity contribution in [2.45, 2.75) is 32.8 Å². The Balaban J connectivity index is 1.89. The van der Waals surface area contributed by atoms with Gasteiger partial charge in [0.2, 0.25) is 0 Å². The first-order valence-corrected chi connectivity index (χ1v) is 10.8. The van der Waals surface area contributed by atoms with Crippen molar-refractivity contribution in [1.82, 2.24) is 0 Å². The molecule has 3 N–H and O–H groups in total. The van der Waals surface area contributed by atoms with Crippen LogP contribution in [0.2, 0.25) is 0 Å². The van der Waals surface area contributed by atoms with Crippen LogP contribution in [0.3, 0.4) is 0 Å². The molecule has 0 spiro atoms. The number of carboxylic acids is 1. The number of amides is 2. The molecule has 1 aromatic heterocycles. The minimum Gasteiger partial charge on any atom is -0.481 e. The predicted octanol–water partition coefficient (Wildman–Crippen LogP) is 5.64. The van der Waals surface area contributed by atoms with Gasteiger partial charge in [0.1, 0.15) is 5.60 Å². The van der Waals surface area contributed by atoms with Crippen LogP contribution in [0, 0.1) is 0 Å². The SMILES string of the molecule is CC(C)(C)OC(=O)Nc1ccc(-c2cccs2)cc1NC(=O)c1cccc(CC(=O)O)c1. The lowest BCUT2D eigenvalue weighted by Crippen LogP contribution is -2.27. The average Bonchev–Trinajstić information content (AvgIpc) is 3.22. The fraction of sp³-hybridized carbons (Fsp3) is 0.208. The molecule has 0 unspecified atom stereocenters. The Labute approximate surface area is 190 Å². The highest BCUT2D eigenvalue weighted by Crippen LogP contribution is 2.32. The largest absolute Gasteiger partial charge is 0.481 e. The molecule has 8 heteroatoms. The number of hydrogen-bond acceptors (Lipinski definition) is 5. The van der Waals surface area contributed by atoms with Crippen LogP contribution in [0.15, 0.2) is 60.0 Å². The van der Waals surface area contributed by atoms with Gasteiger partial charge in [0.05, 0.1) is 17.8 Å². The molecule has 0 aliphatic heterocycles. The van der Waals surface area contributed by atoms with E-state index in [4.69, 9.17) is 9.84 Å². The zero-order chi connectivity index (χ0) is 23.3. The van der Waals surface area contributed by atoms with Crippen molar-refractivity contribution in [1.29, 1.82) is 0 Å². The molecule has 166 valence electrons. The number of anilines is 2. The van der Waals surface area contributed by atoms with E-state index in [0.29, 0.717) is 22.5 Å². The predicted molar refractivity (Wildman–Crippen MR) is 125 cm³/mol. The van der Waals surface area contributed by atoms with Gasteiger partial charge in [-0.3, -0.25) is 14.9 Å². The Morgan fingerprint density at radius 2 is 1.75 bits per heavy atom. The summed E-state index contributed by atoms with van der Waals surface area (Å²) >= 11 is 1.55. The van der Waals surface area contributed by atoms with E-state index in [9.17, 15) is 14.4 Å². The molecule has 0 aliphatic rings. The third-order valence-corrected chi connectivity index (χ3v) is 5.17. The first-order chi connectivity index (χ1) is 15.1. The lowest BCUT2D eigenvalue weighted by molar-refractivity contribution is -0.136. The summed E-state index contributed by atoms with van der Waals surface area (Å²) in [5.41, 5.74) is 1.82. The Morgan fingerprint density at radius 3 is 2.41 bits per heavy atom. The number of rotatable bonds is 6. The molecule has 3 rings (SSSR count). The molecule has 1 heterocycles. The van der Waals surface area contributed by atoms with Crippen molar-refractivity contribution in [3.05, 3.63) is 71.1 Å². The molecule has 32 heavy (non-hydrogen) atoms. The normalized spacial score (nSPS) is 11.0. The highest BCUT2D eigenvalue weighted by molar-refractivity contribution is 7.13. The monoisotopic (exact) mass is 452 g/mol. The van der Waals surface area contributed by atoms with Gasteiger partial charge >= 0.3 is 12.1 Å². The number of carbonyl (C=O) groups excluding carboxylic acids is 2. The van der Waals surface area contributed by atoms with Crippen LogP contribution in [-0.2, 0) is 16.0 Å². The highest BCUT2D eigenvalue weighted by Gasteiger charge is 2.19. The molecule has 2 aromatic carbocycles. The van der Waals surface area contributed by atoms with Crippen LogP contribution in [0.4, 0.5) is 16.2 Å². The topological polar surface area (TPSA) is 105 Å². The van der Waals surface area contributed by atoms with Gasteiger partial charge in [0, 0.05) is 10.4 Å². The minimum absolute atomic E-state index is 0.180. The standard InChI is InChI=1S/C24H24N2O5S/c1-24(2,3)31-23(30)26-18-10-9-16(20-8-5-11-32-20)14-19(18)25-22(29)17-7-4-6-15(12-17)13-21(27)28/h4-12,14H,13H2,1-3H3,(H,25,29)(H,26,30)(H,27,28). The summed E-state index contributed by atoms with van der Waals surface area (Å²) in [6, 6.07) is 15.6. The molecule has 0 saturated heterocycles. The highest BCUT2D eigenvalue weighted by atomic mass is 32.1. The molecule has 0 aliphatic carbocycles. The fourth-order valence-electron chi connectivity index (χ4n) is 2.96. The maximum Gasteiger partial charge on any atom is 0.412 e. The van der Waals surface area contributed by atoms with Crippen molar-refractivity contribution in [2.75, 3.05) is 10.6 Å². The lowest BCUT2D eigenvalue weighted by atomic mass is 10.1. The Morgan fingerprint density at radius 1 is 0.969 bits per heavy atom. The van der Waals surface area contributed by atoms with E-state index < -0.39 is 23.6 Å². The van der Waals surface area contributed by atoms with Crippen LogP contribution in [0.25, 0.3) is 10.4 Å². The fourth-order valence-corrected chi connectivity index (χ4v) is 3.68. The molecule has 3 aromatic rings. The van der Waals surface area contributed by atoms with Crippen LogP contribution >= 0.6 is 11.3 Å². The summed E-state index contributed by atoms with van der Waals surface area (Å²) in [6.07, 6.45) is -0.819. The van der Waals surface area contributed by atoms with Crippen molar-refractivity contribution < 1.29 is 24.2 Å². The number of thiophene rings is 1. The van der Waals surface area contributed by atoms with Gasteiger partial charge in [0.15, 0.2) is 0 Å². The van der Waals surface area contributed by atoms with Gasteiger partial charge in [-0.15, -0.1) is 11.3 Å².